The van der Waals surface area contributed by atoms with Crippen molar-refractivity contribution in [2.24, 2.45) is 0 Å². The Morgan fingerprint density at radius 3 is 2.89 bits per heavy atom. The number of fused-ring (bicyclic) bond motifs is 3. The number of pyridine rings is 1. The first-order chi connectivity index (χ1) is 9.43. The molecule has 0 amide bonds. The van der Waals surface area contributed by atoms with E-state index in [1.165, 1.54) is 19.3 Å². The van der Waals surface area contributed by atoms with Crippen LogP contribution >= 0.6 is 11.3 Å². The second-order valence-corrected chi connectivity index (χ2v) is 5.80. The highest BCUT2D eigenvalue weighted by molar-refractivity contribution is 7.25. The normalized spacial score (nSPS) is 16.3. The molecule has 1 aliphatic rings. The third-order valence-electron chi connectivity index (χ3n) is 3.58. The summed E-state index contributed by atoms with van der Waals surface area (Å²) in [6, 6.07) is 3.99. The van der Waals surface area contributed by atoms with Gasteiger partial charge in [-0.2, -0.15) is 0 Å². The molecule has 96 valence electrons. The van der Waals surface area contributed by atoms with Gasteiger partial charge in [-0.05, 0) is 36.6 Å². The van der Waals surface area contributed by atoms with Crippen molar-refractivity contribution >= 4 is 37.6 Å². The molecule has 0 saturated carbocycles. The molecule has 0 bridgehead atoms. The van der Waals surface area contributed by atoms with E-state index < -0.39 is 0 Å². The van der Waals surface area contributed by atoms with Gasteiger partial charge in [0.1, 0.15) is 15.0 Å². The second kappa shape index (κ2) is 4.38. The van der Waals surface area contributed by atoms with Gasteiger partial charge in [0.05, 0.1) is 0 Å². The van der Waals surface area contributed by atoms with Crippen LogP contribution in [0.5, 0.6) is 0 Å². The van der Waals surface area contributed by atoms with Gasteiger partial charge in [-0.25, -0.2) is 4.98 Å². The first-order valence-corrected chi connectivity index (χ1v) is 7.37. The number of hydrogen-bond acceptors (Lipinski definition) is 6. The zero-order valence-corrected chi connectivity index (χ0v) is 11.2. The van der Waals surface area contributed by atoms with Gasteiger partial charge in [-0.1, -0.05) is 0 Å². The van der Waals surface area contributed by atoms with Crippen molar-refractivity contribution in [3.8, 4) is 0 Å². The van der Waals surface area contributed by atoms with E-state index in [-0.39, 0.29) is 0 Å². The van der Waals surface area contributed by atoms with Crippen LogP contribution in [0.3, 0.4) is 0 Å². The lowest BCUT2D eigenvalue weighted by molar-refractivity contribution is 0.571. The minimum Gasteiger partial charge on any atom is -0.354 e. The molecule has 1 aliphatic heterocycles. The van der Waals surface area contributed by atoms with Crippen LogP contribution in [0.2, 0.25) is 0 Å². The highest BCUT2D eigenvalue weighted by Crippen LogP contribution is 2.36. The van der Waals surface area contributed by atoms with E-state index in [1.807, 2.05) is 12.3 Å². The Morgan fingerprint density at radius 1 is 1.11 bits per heavy atom. The Bertz CT molecular complexity index is 732. The van der Waals surface area contributed by atoms with Crippen molar-refractivity contribution in [2.75, 3.05) is 18.0 Å². The predicted molar refractivity (Wildman–Crippen MR) is 76.6 cm³/mol. The zero-order valence-electron chi connectivity index (χ0n) is 10.4. The van der Waals surface area contributed by atoms with Gasteiger partial charge in [0, 0.05) is 24.7 Å². The molecule has 0 atom stereocenters. The Kier molecular flexibility index (Phi) is 2.55. The van der Waals surface area contributed by atoms with E-state index in [1.54, 1.807) is 11.3 Å². The maximum absolute atomic E-state index is 4.41. The topological polar surface area (TPSA) is 54.8 Å². The van der Waals surface area contributed by atoms with E-state index in [2.05, 4.69) is 31.4 Å². The van der Waals surface area contributed by atoms with Crippen molar-refractivity contribution in [3.05, 3.63) is 18.3 Å². The summed E-state index contributed by atoms with van der Waals surface area (Å²) in [5.41, 5.74) is 0.934. The van der Waals surface area contributed by atoms with Crippen LogP contribution in [0.25, 0.3) is 20.4 Å². The largest absolute Gasteiger partial charge is 0.354 e. The lowest BCUT2D eigenvalue weighted by atomic mass is 10.1. The number of hydrogen-bond donors (Lipinski definition) is 0. The molecule has 1 fully saturated rings. The molecule has 5 nitrogen and oxygen atoms in total. The fourth-order valence-electron chi connectivity index (χ4n) is 2.64. The number of anilines is 1. The molecular weight excluding hydrogens is 258 g/mol. The summed E-state index contributed by atoms with van der Waals surface area (Å²) in [5.74, 6) is 0.979. The lowest BCUT2D eigenvalue weighted by Crippen LogP contribution is -2.30. The lowest BCUT2D eigenvalue weighted by Gasteiger charge is -2.27. The average molecular weight is 271 g/mol. The summed E-state index contributed by atoms with van der Waals surface area (Å²) in [4.78, 5) is 7.75. The van der Waals surface area contributed by atoms with Gasteiger partial charge in [0.25, 0.3) is 0 Å². The van der Waals surface area contributed by atoms with Crippen molar-refractivity contribution in [2.45, 2.75) is 19.3 Å². The molecule has 4 rings (SSSR count). The molecule has 0 radical (unpaired) electrons. The molecule has 3 aromatic heterocycles. The zero-order chi connectivity index (χ0) is 12.7. The van der Waals surface area contributed by atoms with Gasteiger partial charge in [-0.3, -0.25) is 0 Å². The highest BCUT2D eigenvalue weighted by atomic mass is 32.1. The van der Waals surface area contributed by atoms with Crippen LogP contribution < -0.4 is 4.90 Å². The van der Waals surface area contributed by atoms with Crippen LogP contribution in [-0.2, 0) is 0 Å². The fourth-order valence-corrected chi connectivity index (χ4v) is 3.73. The standard InChI is InChI=1S/C13H13N5S/c1-2-7-18(8-3-1)12-11-10(15-17-16-12)9-5-4-6-14-13(9)19-11/h4-6H,1-3,7-8H2. The third kappa shape index (κ3) is 1.74. The molecule has 0 unspecified atom stereocenters. The Balaban J connectivity index is 1.95. The molecule has 6 heteroatoms. The first kappa shape index (κ1) is 11.0. The minimum atomic E-state index is 0.934. The number of rotatable bonds is 1. The van der Waals surface area contributed by atoms with E-state index in [9.17, 15) is 0 Å². The van der Waals surface area contributed by atoms with Crippen LogP contribution in [0.1, 0.15) is 19.3 Å². The summed E-state index contributed by atoms with van der Waals surface area (Å²) in [5, 5.41) is 13.5. The van der Waals surface area contributed by atoms with Crippen LogP contribution in [0.4, 0.5) is 5.82 Å². The summed E-state index contributed by atoms with van der Waals surface area (Å²) < 4.78 is 1.12. The maximum atomic E-state index is 4.41. The molecule has 1 saturated heterocycles. The van der Waals surface area contributed by atoms with Crippen molar-refractivity contribution in [1.29, 1.82) is 0 Å². The summed E-state index contributed by atoms with van der Waals surface area (Å²) in [6.07, 6.45) is 5.59. The molecule has 0 aromatic carbocycles. The predicted octanol–water partition coefficient (Wildman–Crippen LogP) is 2.62. The first-order valence-electron chi connectivity index (χ1n) is 6.55. The summed E-state index contributed by atoms with van der Waals surface area (Å²) in [6.45, 7) is 2.13. The number of nitrogens with zero attached hydrogens (tertiary/aromatic N) is 5. The van der Waals surface area contributed by atoms with Crippen LogP contribution in [0, 0.1) is 0 Å². The summed E-state index contributed by atoms with van der Waals surface area (Å²) in [7, 11) is 0. The van der Waals surface area contributed by atoms with E-state index in [4.69, 9.17) is 0 Å². The second-order valence-electron chi connectivity index (χ2n) is 4.80. The maximum Gasteiger partial charge on any atom is 0.172 e. The average Bonchev–Trinajstić information content (AvgIpc) is 2.87. The number of aromatic nitrogens is 4. The quantitative estimate of drug-likeness (QED) is 0.681. The minimum absolute atomic E-state index is 0.934. The van der Waals surface area contributed by atoms with Crippen LogP contribution in [0.15, 0.2) is 18.3 Å². The Hall–Kier alpha value is -1.82. The van der Waals surface area contributed by atoms with E-state index >= 15 is 0 Å². The Morgan fingerprint density at radius 2 is 2.00 bits per heavy atom. The van der Waals surface area contributed by atoms with Gasteiger partial charge >= 0.3 is 0 Å². The Labute approximate surface area is 114 Å². The fraction of sp³-hybridized carbons (Fsp3) is 0.385. The van der Waals surface area contributed by atoms with Crippen LogP contribution in [-0.4, -0.2) is 33.5 Å². The van der Waals surface area contributed by atoms with Gasteiger partial charge in [0.2, 0.25) is 0 Å². The van der Waals surface area contributed by atoms with Crippen molar-refractivity contribution in [3.63, 3.8) is 0 Å². The monoisotopic (exact) mass is 271 g/mol. The highest BCUT2D eigenvalue weighted by Gasteiger charge is 2.19. The van der Waals surface area contributed by atoms with E-state index in [0.29, 0.717) is 0 Å². The summed E-state index contributed by atoms with van der Waals surface area (Å²) >= 11 is 1.66. The van der Waals surface area contributed by atoms with Crippen molar-refractivity contribution in [1.82, 2.24) is 20.4 Å². The molecule has 0 aliphatic carbocycles. The number of piperidine rings is 1. The molecule has 0 N–H and O–H groups in total. The third-order valence-corrected chi connectivity index (χ3v) is 4.68. The molecule has 19 heavy (non-hydrogen) atoms. The van der Waals surface area contributed by atoms with Crippen molar-refractivity contribution < 1.29 is 0 Å². The number of thiophene rings is 1. The van der Waals surface area contributed by atoms with Gasteiger partial charge < -0.3 is 4.90 Å². The van der Waals surface area contributed by atoms with Gasteiger partial charge in [-0.15, -0.1) is 21.5 Å². The SMILES string of the molecule is c1cnc2sc3c(N4CCCCC4)nnnc3c2c1. The smallest absolute Gasteiger partial charge is 0.172 e. The molecule has 0 spiro atoms. The van der Waals surface area contributed by atoms with Gasteiger partial charge in [0.15, 0.2) is 5.82 Å². The molecule has 3 aromatic rings. The van der Waals surface area contributed by atoms with E-state index in [0.717, 1.165) is 39.3 Å². The molecular formula is C13H13N5S. The molecule has 4 heterocycles.